The van der Waals surface area contributed by atoms with Crippen LogP contribution in [-0.4, -0.2) is 24.4 Å². The van der Waals surface area contributed by atoms with Gasteiger partial charge in [-0.2, -0.15) is 11.8 Å². The normalized spacial score (nSPS) is 17.0. The third kappa shape index (κ3) is 3.70. The number of carbonyl (C=O) groups excluding carboxylic acids is 1. The molecule has 1 fully saturated rings. The molecule has 0 spiro atoms. The molecule has 0 aromatic carbocycles. The summed E-state index contributed by atoms with van der Waals surface area (Å²) in [5.41, 5.74) is 2.15. The van der Waals surface area contributed by atoms with Gasteiger partial charge in [0.15, 0.2) is 0 Å². The van der Waals surface area contributed by atoms with Crippen molar-refractivity contribution in [1.82, 2.24) is 5.43 Å². The second-order valence-electron chi connectivity index (χ2n) is 3.86. The third-order valence-electron chi connectivity index (χ3n) is 2.65. The lowest BCUT2D eigenvalue weighted by atomic mass is 10.2. The Morgan fingerprint density at radius 2 is 2.29 bits per heavy atom. The van der Waals surface area contributed by atoms with Gasteiger partial charge in [0, 0.05) is 29.1 Å². The molecule has 3 N–H and O–H groups in total. The molecule has 1 saturated heterocycles. The Bertz CT molecular complexity index is 375. The van der Waals surface area contributed by atoms with Crippen molar-refractivity contribution in [3.05, 3.63) is 21.9 Å². The molecular weight excluding hydrogens is 256 g/mol. The van der Waals surface area contributed by atoms with Crippen molar-refractivity contribution in [2.75, 3.05) is 13.2 Å². The van der Waals surface area contributed by atoms with Crippen LogP contribution in [0, 0.1) is 0 Å². The summed E-state index contributed by atoms with van der Waals surface area (Å²) in [6, 6.07) is 3.83. The van der Waals surface area contributed by atoms with E-state index in [9.17, 15) is 4.79 Å². The number of nitrogen functional groups attached to an aromatic ring is 1. The van der Waals surface area contributed by atoms with E-state index in [0.717, 1.165) is 31.8 Å². The van der Waals surface area contributed by atoms with Crippen molar-refractivity contribution in [1.29, 1.82) is 0 Å². The third-order valence-corrected chi connectivity index (χ3v) is 5.33. The van der Waals surface area contributed by atoms with Crippen LogP contribution >= 0.6 is 23.1 Å². The highest BCUT2D eigenvalue weighted by Gasteiger charge is 2.15. The standard InChI is InChI=1S/C11H16N2O2S2/c12-13-11(14)10-2-1-9(17-10)7-16-8-3-5-15-6-4-8/h1-2,8H,3-7,12H2,(H,13,14). The lowest BCUT2D eigenvalue weighted by molar-refractivity contribution is 0.0957. The van der Waals surface area contributed by atoms with E-state index < -0.39 is 0 Å². The fraction of sp³-hybridized carbons (Fsp3) is 0.545. The summed E-state index contributed by atoms with van der Waals surface area (Å²) in [4.78, 5) is 13.2. The number of thioether (sulfide) groups is 1. The molecule has 94 valence electrons. The molecule has 1 aliphatic rings. The van der Waals surface area contributed by atoms with E-state index in [1.54, 1.807) is 0 Å². The predicted molar refractivity (Wildman–Crippen MR) is 71.1 cm³/mol. The number of nitrogens with two attached hydrogens (primary N) is 1. The molecule has 0 atom stereocenters. The van der Waals surface area contributed by atoms with E-state index in [4.69, 9.17) is 10.6 Å². The van der Waals surface area contributed by atoms with Crippen molar-refractivity contribution >= 4 is 29.0 Å². The molecule has 17 heavy (non-hydrogen) atoms. The Morgan fingerprint density at radius 3 is 3.00 bits per heavy atom. The Balaban J connectivity index is 1.82. The van der Waals surface area contributed by atoms with Crippen molar-refractivity contribution in [3.63, 3.8) is 0 Å². The molecule has 4 nitrogen and oxygen atoms in total. The summed E-state index contributed by atoms with van der Waals surface area (Å²) < 4.78 is 5.32. The van der Waals surface area contributed by atoms with E-state index in [0.29, 0.717) is 10.1 Å². The van der Waals surface area contributed by atoms with Gasteiger partial charge in [0.1, 0.15) is 0 Å². The SMILES string of the molecule is NNC(=O)c1ccc(CSC2CCOCC2)s1. The lowest BCUT2D eigenvalue weighted by Crippen LogP contribution is -2.29. The summed E-state index contributed by atoms with van der Waals surface area (Å²) in [6.45, 7) is 1.76. The van der Waals surface area contributed by atoms with Crippen LogP contribution in [0.3, 0.4) is 0 Å². The number of hydrogen-bond donors (Lipinski definition) is 2. The van der Waals surface area contributed by atoms with Crippen molar-refractivity contribution in [2.45, 2.75) is 23.8 Å². The van der Waals surface area contributed by atoms with E-state index in [2.05, 4.69) is 5.43 Å². The fourth-order valence-corrected chi connectivity index (χ4v) is 3.86. The molecule has 6 heteroatoms. The van der Waals surface area contributed by atoms with Crippen LogP contribution in [0.15, 0.2) is 12.1 Å². The number of nitrogens with one attached hydrogen (secondary N) is 1. The zero-order valence-electron chi connectivity index (χ0n) is 9.48. The monoisotopic (exact) mass is 272 g/mol. The zero-order valence-corrected chi connectivity index (χ0v) is 11.1. The molecule has 1 amide bonds. The molecule has 0 aliphatic carbocycles. The average Bonchev–Trinajstić information content (AvgIpc) is 2.85. The maximum absolute atomic E-state index is 11.3. The van der Waals surface area contributed by atoms with Gasteiger partial charge < -0.3 is 4.74 Å². The minimum absolute atomic E-state index is 0.211. The van der Waals surface area contributed by atoms with Crippen LogP contribution in [0.2, 0.25) is 0 Å². The number of hydrogen-bond acceptors (Lipinski definition) is 5. The number of hydrazine groups is 1. The Morgan fingerprint density at radius 1 is 1.53 bits per heavy atom. The number of rotatable bonds is 4. The average molecular weight is 272 g/mol. The molecule has 2 rings (SSSR count). The predicted octanol–water partition coefficient (Wildman–Crippen LogP) is 1.76. The molecule has 1 aromatic heterocycles. The largest absolute Gasteiger partial charge is 0.381 e. The maximum atomic E-state index is 11.3. The van der Waals surface area contributed by atoms with Gasteiger partial charge in [-0.1, -0.05) is 0 Å². The van der Waals surface area contributed by atoms with Gasteiger partial charge in [0.05, 0.1) is 4.88 Å². The topological polar surface area (TPSA) is 64.3 Å². The first-order chi connectivity index (χ1) is 8.29. The van der Waals surface area contributed by atoms with Gasteiger partial charge in [-0.3, -0.25) is 10.2 Å². The minimum atomic E-state index is -0.211. The van der Waals surface area contributed by atoms with Gasteiger partial charge >= 0.3 is 0 Å². The number of amides is 1. The van der Waals surface area contributed by atoms with Crippen LogP contribution in [-0.2, 0) is 10.5 Å². The fourth-order valence-electron chi connectivity index (χ4n) is 1.69. The Kier molecular flexibility index (Phi) is 4.85. The first-order valence-electron chi connectivity index (χ1n) is 5.58. The van der Waals surface area contributed by atoms with Crippen LogP contribution in [0.25, 0.3) is 0 Å². The van der Waals surface area contributed by atoms with Crippen molar-refractivity contribution in [3.8, 4) is 0 Å². The summed E-state index contributed by atoms with van der Waals surface area (Å²) in [7, 11) is 0. The molecule has 0 radical (unpaired) electrons. The van der Waals surface area contributed by atoms with Gasteiger partial charge in [-0.05, 0) is 25.0 Å². The van der Waals surface area contributed by atoms with E-state index in [1.807, 2.05) is 23.9 Å². The molecule has 0 unspecified atom stereocenters. The highest BCUT2D eigenvalue weighted by atomic mass is 32.2. The van der Waals surface area contributed by atoms with E-state index in [-0.39, 0.29) is 5.91 Å². The zero-order chi connectivity index (χ0) is 12.1. The number of carbonyl (C=O) groups is 1. The molecule has 0 bridgehead atoms. The molecular formula is C11H16N2O2S2. The smallest absolute Gasteiger partial charge is 0.275 e. The first kappa shape index (κ1) is 12.9. The van der Waals surface area contributed by atoms with Crippen LogP contribution in [0.4, 0.5) is 0 Å². The summed E-state index contributed by atoms with van der Waals surface area (Å²) in [5, 5.41) is 0.692. The van der Waals surface area contributed by atoms with Gasteiger partial charge in [0.25, 0.3) is 5.91 Å². The quantitative estimate of drug-likeness (QED) is 0.498. The van der Waals surface area contributed by atoms with E-state index in [1.165, 1.54) is 16.2 Å². The summed E-state index contributed by atoms with van der Waals surface area (Å²) >= 11 is 3.46. The molecule has 1 aliphatic heterocycles. The summed E-state index contributed by atoms with van der Waals surface area (Å²) in [6.07, 6.45) is 2.26. The highest BCUT2D eigenvalue weighted by Crippen LogP contribution is 2.28. The summed E-state index contributed by atoms with van der Waals surface area (Å²) in [5.74, 6) is 5.85. The highest BCUT2D eigenvalue weighted by molar-refractivity contribution is 7.99. The van der Waals surface area contributed by atoms with Gasteiger partial charge in [-0.15, -0.1) is 11.3 Å². The van der Waals surface area contributed by atoms with Crippen LogP contribution in [0.5, 0.6) is 0 Å². The van der Waals surface area contributed by atoms with Gasteiger partial charge in [-0.25, -0.2) is 5.84 Å². The van der Waals surface area contributed by atoms with Gasteiger partial charge in [0.2, 0.25) is 0 Å². The Labute approximate surface area is 109 Å². The minimum Gasteiger partial charge on any atom is -0.381 e. The van der Waals surface area contributed by atoms with E-state index >= 15 is 0 Å². The second-order valence-corrected chi connectivity index (χ2v) is 6.32. The maximum Gasteiger partial charge on any atom is 0.275 e. The van der Waals surface area contributed by atoms with Crippen molar-refractivity contribution in [2.24, 2.45) is 5.84 Å². The number of thiophene rings is 1. The second kappa shape index (κ2) is 6.39. The van der Waals surface area contributed by atoms with Crippen molar-refractivity contribution < 1.29 is 9.53 Å². The Hall–Kier alpha value is -0.560. The van der Waals surface area contributed by atoms with Crippen LogP contribution < -0.4 is 11.3 Å². The lowest BCUT2D eigenvalue weighted by Gasteiger charge is -2.21. The molecule has 2 heterocycles. The molecule has 0 saturated carbocycles. The number of ether oxygens (including phenoxy) is 1. The first-order valence-corrected chi connectivity index (χ1v) is 7.45. The van der Waals surface area contributed by atoms with Crippen LogP contribution in [0.1, 0.15) is 27.4 Å². The molecule has 1 aromatic rings.